The fourth-order valence-corrected chi connectivity index (χ4v) is 3.22. The molecule has 0 saturated heterocycles. The summed E-state index contributed by atoms with van der Waals surface area (Å²) in [4.78, 5) is 25.1. The highest BCUT2D eigenvalue weighted by Crippen LogP contribution is 2.43. The van der Waals surface area contributed by atoms with Gasteiger partial charge in [-0.05, 0) is 43.5 Å². The van der Waals surface area contributed by atoms with Crippen molar-refractivity contribution in [1.82, 2.24) is 0 Å². The van der Waals surface area contributed by atoms with Gasteiger partial charge in [-0.1, -0.05) is 6.07 Å². The summed E-state index contributed by atoms with van der Waals surface area (Å²) in [7, 11) is 4.54. The van der Waals surface area contributed by atoms with Crippen LogP contribution in [0.25, 0.3) is 0 Å². The van der Waals surface area contributed by atoms with E-state index in [1.54, 1.807) is 12.1 Å². The number of nitrogens with one attached hydrogen (secondary N) is 2. The number of hydrogen-bond donors (Lipinski definition) is 2. The van der Waals surface area contributed by atoms with Crippen molar-refractivity contribution in [1.29, 1.82) is 0 Å². The first-order chi connectivity index (χ1) is 13.9. The van der Waals surface area contributed by atoms with Crippen molar-refractivity contribution in [2.75, 3.05) is 32.0 Å². The standard InChI is InChI=1S/C22H26N2O5/c1-12-6-7-14(8-13(12)2)23-21(25)16-11-17(16)22(26)24-15-9-18(27-3)20(29-5)19(10-15)28-4/h6-10,16-17H,11H2,1-5H3,(H,23,25)(H,24,26). The Labute approximate surface area is 170 Å². The summed E-state index contributed by atoms with van der Waals surface area (Å²) in [6.45, 7) is 4.01. The van der Waals surface area contributed by atoms with E-state index in [-0.39, 0.29) is 23.7 Å². The lowest BCUT2D eigenvalue weighted by atomic mass is 10.1. The number of rotatable bonds is 7. The molecule has 0 aliphatic heterocycles. The van der Waals surface area contributed by atoms with Crippen LogP contribution in [-0.2, 0) is 9.59 Å². The van der Waals surface area contributed by atoms with E-state index in [9.17, 15) is 9.59 Å². The highest BCUT2D eigenvalue weighted by atomic mass is 16.5. The largest absolute Gasteiger partial charge is 0.493 e. The van der Waals surface area contributed by atoms with Crippen LogP contribution in [0.1, 0.15) is 17.5 Å². The minimum absolute atomic E-state index is 0.140. The summed E-state index contributed by atoms with van der Waals surface area (Å²) >= 11 is 0. The highest BCUT2D eigenvalue weighted by Gasteiger charge is 2.48. The predicted molar refractivity (Wildman–Crippen MR) is 111 cm³/mol. The molecule has 1 aliphatic rings. The molecule has 2 amide bonds. The molecule has 2 N–H and O–H groups in total. The zero-order valence-electron chi connectivity index (χ0n) is 17.3. The molecule has 7 heteroatoms. The number of methoxy groups -OCH3 is 3. The maximum Gasteiger partial charge on any atom is 0.228 e. The summed E-state index contributed by atoms with van der Waals surface area (Å²) in [6.07, 6.45) is 0.521. The number of amides is 2. The summed E-state index contributed by atoms with van der Waals surface area (Å²) in [6, 6.07) is 9.08. The number of ether oxygens (including phenoxy) is 3. The lowest BCUT2D eigenvalue weighted by Gasteiger charge is -2.14. The molecular weight excluding hydrogens is 372 g/mol. The summed E-state index contributed by atoms with van der Waals surface area (Å²) in [5.74, 6) is 0.297. The van der Waals surface area contributed by atoms with Crippen molar-refractivity contribution in [2.45, 2.75) is 20.3 Å². The smallest absolute Gasteiger partial charge is 0.228 e. The van der Waals surface area contributed by atoms with Gasteiger partial charge in [0.2, 0.25) is 17.6 Å². The number of hydrogen-bond acceptors (Lipinski definition) is 5. The van der Waals surface area contributed by atoms with Gasteiger partial charge in [0.1, 0.15) is 0 Å². The van der Waals surface area contributed by atoms with Crippen LogP contribution in [0.2, 0.25) is 0 Å². The van der Waals surface area contributed by atoms with Gasteiger partial charge in [-0.2, -0.15) is 0 Å². The van der Waals surface area contributed by atoms with Crippen LogP contribution in [-0.4, -0.2) is 33.1 Å². The van der Waals surface area contributed by atoms with Crippen LogP contribution in [0, 0.1) is 25.7 Å². The van der Waals surface area contributed by atoms with Gasteiger partial charge in [0.05, 0.1) is 33.2 Å². The maximum atomic E-state index is 12.6. The van der Waals surface area contributed by atoms with Crippen LogP contribution in [0.3, 0.4) is 0 Å². The van der Waals surface area contributed by atoms with E-state index in [1.807, 2.05) is 32.0 Å². The molecule has 7 nitrogen and oxygen atoms in total. The van der Waals surface area contributed by atoms with Crippen LogP contribution in [0.15, 0.2) is 30.3 Å². The molecule has 0 aromatic heterocycles. The third-order valence-corrected chi connectivity index (χ3v) is 5.17. The Morgan fingerprint density at radius 2 is 1.34 bits per heavy atom. The molecule has 154 valence electrons. The number of carbonyl (C=O) groups excluding carboxylic acids is 2. The normalized spacial score (nSPS) is 17.3. The second-order valence-electron chi connectivity index (χ2n) is 7.14. The van der Waals surface area contributed by atoms with Gasteiger partial charge in [-0.25, -0.2) is 0 Å². The Morgan fingerprint density at radius 3 is 1.83 bits per heavy atom. The second-order valence-corrected chi connectivity index (χ2v) is 7.14. The number of benzene rings is 2. The molecule has 0 spiro atoms. The average molecular weight is 398 g/mol. The number of carbonyl (C=O) groups is 2. The van der Waals surface area contributed by atoms with Crippen LogP contribution >= 0.6 is 0 Å². The SMILES string of the molecule is COc1cc(NC(=O)C2CC2C(=O)Nc2ccc(C)c(C)c2)cc(OC)c1OC. The van der Waals surface area contributed by atoms with E-state index in [2.05, 4.69) is 10.6 Å². The molecule has 2 unspecified atom stereocenters. The van der Waals surface area contributed by atoms with Crippen molar-refractivity contribution < 1.29 is 23.8 Å². The number of aryl methyl sites for hydroxylation is 2. The zero-order chi connectivity index (χ0) is 21.1. The topological polar surface area (TPSA) is 85.9 Å². The third-order valence-electron chi connectivity index (χ3n) is 5.17. The van der Waals surface area contributed by atoms with E-state index in [4.69, 9.17) is 14.2 Å². The molecule has 0 bridgehead atoms. The van der Waals surface area contributed by atoms with Crippen molar-refractivity contribution in [2.24, 2.45) is 11.8 Å². The fraction of sp³-hybridized carbons (Fsp3) is 0.364. The first-order valence-electron chi connectivity index (χ1n) is 9.37. The molecule has 3 rings (SSSR count). The molecule has 2 aromatic rings. The van der Waals surface area contributed by atoms with E-state index >= 15 is 0 Å². The second kappa shape index (κ2) is 8.43. The van der Waals surface area contributed by atoms with Crippen LogP contribution < -0.4 is 24.8 Å². The molecule has 1 fully saturated rings. The fourth-order valence-electron chi connectivity index (χ4n) is 3.22. The van der Waals surface area contributed by atoms with Crippen LogP contribution in [0.5, 0.6) is 17.2 Å². The highest BCUT2D eigenvalue weighted by molar-refractivity contribution is 6.03. The first-order valence-corrected chi connectivity index (χ1v) is 9.37. The van der Waals surface area contributed by atoms with E-state index < -0.39 is 0 Å². The van der Waals surface area contributed by atoms with E-state index in [0.29, 0.717) is 29.4 Å². The Balaban J connectivity index is 1.64. The van der Waals surface area contributed by atoms with Gasteiger partial charge in [0.15, 0.2) is 11.5 Å². The van der Waals surface area contributed by atoms with E-state index in [0.717, 1.165) is 16.8 Å². The van der Waals surface area contributed by atoms with Gasteiger partial charge in [0, 0.05) is 23.5 Å². The molecule has 29 heavy (non-hydrogen) atoms. The van der Waals surface area contributed by atoms with Crippen LogP contribution in [0.4, 0.5) is 11.4 Å². The Hall–Kier alpha value is -3.22. The average Bonchev–Trinajstić information content (AvgIpc) is 3.51. The Morgan fingerprint density at radius 1 is 0.793 bits per heavy atom. The van der Waals surface area contributed by atoms with Crippen molar-refractivity contribution in [3.63, 3.8) is 0 Å². The van der Waals surface area contributed by atoms with Crippen molar-refractivity contribution in [3.8, 4) is 17.2 Å². The summed E-state index contributed by atoms with van der Waals surface area (Å²) in [5.41, 5.74) is 3.53. The quantitative estimate of drug-likeness (QED) is 0.745. The minimum Gasteiger partial charge on any atom is -0.493 e. The molecular formula is C22H26N2O5. The van der Waals surface area contributed by atoms with Crippen molar-refractivity contribution in [3.05, 3.63) is 41.5 Å². The predicted octanol–water partition coefficient (Wildman–Crippen LogP) is 3.54. The zero-order valence-corrected chi connectivity index (χ0v) is 17.3. The molecule has 1 aliphatic carbocycles. The number of anilines is 2. The molecule has 1 saturated carbocycles. The van der Waals surface area contributed by atoms with Gasteiger partial charge in [-0.15, -0.1) is 0 Å². The molecule has 0 heterocycles. The molecule has 2 atom stereocenters. The summed E-state index contributed by atoms with van der Waals surface area (Å²) in [5, 5.41) is 5.73. The van der Waals surface area contributed by atoms with Gasteiger partial charge in [0.25, 0.3) is 0 Å². The van der Waals surface area contributed by atoms with Crippen molar-refractivity contribution >= 4 is 23.2 Å². The van der Waals surface area contributed by atoms with Gasteiger partial charge >= 0.3 is 0 Å². The lowest BCUT2D eigenvalue weighted by Crippen LogP contribution is -2.20. The lowest BCUT2D eigenvalue weighted by molar-refractivity contribution is -0.122. The maximum absolute atomic E-state index is 12.6. The minimum atomic E-state index is -0.361. The van der Waals surface area contributed by atoms with E-state index in [1.165, 1.54) is 21.3 Å². The Bertz CT molecular complexity index is 916. The molecule has 2 aromatic carbocycles. The van der Waals surface area contributed by atoms with Gasteiger partial charge < -0.3 is 24.8 Å². The monoisotopic (exact) mass is 398 g/mol. The molecule has 0 radical (unpaired) electrons. The van der Waals surface area contributed by atoms with Gasteiger partial charge in [-0.3, -0.25) is 9.59 Å². The third kappa shape index (κ3) is 4.45. The summed E-state index contributed by atoms with van der Waals surface area (Å²) < 4.78 is 15.9. The first kappa shape index (κ1) is 20.5. The Kier molecular flexibility index (Phi) is 5.96.